The summed E-state index contributed by atoms with van der Waals surface area (Å²) in [4.78, 5) is 17.7. The van der Waals surface area contributed by atoms with Gasteiger partial charge in [0.1, 0.15) is 0 Å². The van der Waals surface area contributed by atoms with Crippen molar-refractivity contribution < 1.29 is 20.9 Å². The first kappa shape index (κ1) is 15.8. The standard InChI is InChI=1S/CH5N3O.HNO3.H3N/c2-1(5)4-3;2-1(3)4;/h3H3,(H2-,2,4,5);(H,2,3,4);1H3. The summed E-state index contributed by atoms with van der Waals surface area (Å²) >= 11 is 0. The van der Waals surface area contributed by atoms with Crippen LogP contribution in [-0.4, -0.2) is 16.3 Å². The lowest BCUT2D eigenvalue weighted by Gasteiger charge is -1.86. The minimum absolute atomic E-state index is 0. The van der Waals surface area contributed by atoms with E-state index < -0.39 is 11.1 Å². The molecule has 0 atom stereocenters. The predicted molar refractivity (Wildman–Crippen MR) is 29.6 cm³/mol. The second-order valence-electron chi connectivity index (χ2n) is 0.734. The first-order chi connectivity index (χ1) is 4.00. The summed E-state index contributed by atoms with van der Waals surface area (Å²) in [6.07, 6.45) is 0. The summed E-state index contributed by atoms with van der Waals surface area (Å²) in [5.74, 6) is 2.84. The van der Waals surface area contributed by atoms with Crippen molar-refractivity contribution in [3.8, 4) is 0 Å². The Labute approximate surface area is 55.6 Å². The number of carbonyl (C=O) groups excluding carboxylic acids is 1. The van der Waals surface area contributed by atoms with Gasteiger partial charge >= 0.3 is 0 Å². The van der Waals surface area contributed by atoms with E-state index in [0.29, 0.717) is 0 Å². The van der Waals surface area contributed by atoms with Crippen molar-refractivity contribution >= 4 is 6.03 Å². The van der Waals surface area contributed by atoms with Crippen molar-refractivity contribution in [3.05, 3.63) is 15.5 Å². The molecule has 2 amide bonds. The van der Waals surface area contributed by atoms with Gasteiger partial charge in [-0.1, -0.05) is 0 Å². The molecule has 9 N–H and O–H groups in total. The molecule has 0 spiro atoms. The van der Waals surface area contributed by atoms with Crippen LogP contribution in [0.5, 0.6) is 0 Å². The highest BCUT2D eigenvalue weighted by Crippen LogP contribution is 1.57. The minimum Gasteiger partial charge on any atom is -0.459 e. The number of nitrogens with zero attached hydrogens (tertiary/aromatic N) is 2. The van der Waals surface area contributed by atoms with Gasteiger partial charge in [0, 0.05) is 0 Å². The molecule has 0 bridgehead atoms. The van der Waals surface area contributed by atoms with Crippen LogP contribution in [0.1, 0.15) is 0 Å². The summed E-state index contributed by atoms with van der Waals surface area (Å²) in [6, 6.07) is -0.731. The van der Waals surface area contributed by atoms with Crippen molar-refractivity contribution in [2.75, 3.05) is 0 Å². The van der Waals surface area contributed by atoms with Gasteiger partial charge in [-0.05, 0) is 0 Å². The van der Waals surface area contributed by atoms with Gasteiger partial charge in [-0.15, -0.1) is 10.1 Å². The quantitative estimate of drug-likeness (QED) is 0.242. The van der Waals surface area contributed by atoms with Crippen molar-refractivity contribution in [2.24, 2.45) is 5.73 Å². The zero-order chi connectivity index (χ0) is 7.86. The molecule has 0 aliphatic carbocycles. The number of primary amides is 1. The molecule has 0 aromatic rings. The number of carbonyl (C=O) groups is 1. The third kappa shape index (κ3) is 1220. The van der Waals surface area contributed by atoms with E-state index in [9.17, 15) is 4.79 Å². The maximum atomic E-state index is 9.36. The fraction of sp³-hybridized carbons (Fsp3) is 0. The molecule has 0 unspecified atom stereocenters. The zero-order valence-corrected chi connectivity index (χ0v) is 5.06. The fourth-order valence-corrected chi connectivity index (χ4v) is 0. The molecule has 0 aromatic carbocycles. The largest absolute Gasteiger partial charge is 0.459 e. The van der Waals surface area contributed by atoms with Gasteiger partial charge in [-0.2, -0.15) is 0 Å². The SMILES string of the molecule is N.NC(=O)[N-][NH3+].O=[N+]([O-])O. The van der Waals surface area contributed by atoms with Crippen LogP contribution < -0.4 is 17.7 Å². The Morgan fingerprint density at radius 1 is 1.80 bits per heavy atom. The van der Waals surface area contributed by atoms with Crippen LogP contribution in [0.25, 0.3) is 5.43 Å². The lowest BCUT2D eigenvalue weighted by molar-refractivity contribution is -0.742. The number of rotatable bonds is 0. The maximum absolute atomic E-state index is 9.36. The molecule has 10 heavy (non-hydrogen) atoms. The van der Waals surface area contributed by atoms with Gasteiger partial charge in [-0.3, -0.25) is 4.79 Å². The molecule has 62 valence electrons. The maximum Gasteiger partial charge on any atom is 0.291 e. The highest BCUT2D eigenvalue weighted by molar-refractivity contribution is 5.82. The van der Waals surface area contributed by atoms with E-state index in [0.717, 1.165) is 0 Å². The van der Waals surface area contributed by atoms with Gasteiger partial charge in [0.25, 0.3) is 5.09 Å². The molecule has 0 fully saturated rings. The Balaban J connectivity index is -0.0000000910. The van der Waals surface area contributed by atoms with Crippen molar-refractivity contribution in [3.63, 3.8) is 0 Å². The molecule has 0 aliphatic rings. The average Bonchev–Trinajstić information content (AvgIpc) is 1.65. The van der Waals surface area contributed by atoms with E-state index in [1.54, 1.807) is 0 Å². The fourth-order valence-electron chi connectivity index (χ4n) is 0. The van der Waals surface area contributed by atoms with Gasteiger partial charge in [0.15, 0.2) is 6.03 Å². The second kappa shape index (κ2) is 10.4. The predicted octanol–water partition coefficient (Wildman–Crippen LogP) is -1.59. The van der Waals surface area contributed by atoms with E-state index in [1.165, 1.54) is 0 Å². The third-order valence-electron chi connectivity index (χ3n) is 0.156. The number of quaternary nitrogens is 1. The number of hydrogen-bond acceptors (Lipinski definition) is 4. The molecular weight excluding hydrogens is 146 g/mol. The van der Waals surface area contributed by atoms with E-state index in [4.69, 9.17) is 15.3 Å². The smallest absolute Gasteiger partial charge is 0.291 e. The van der Waals surface area contributed by atoms with Crippen LogP contribution in [0.2, 0.25) is 0 Å². The Hall–Kier alpha value is -1.61. The molecule has 0 aromatic heterocycles. The highest BCUT2D eigenvalue weighted by atomic mass is 16.9. The van der Waals surface area contributed by atoms with E-state index in [2.05, 4.69) is 17.0 Å². The molecule has 0 rings (SSSR count). The average molecular weight is 155 g/mol. The summed E-state index contributed by atoms with van der Waals surface area (Å²) in [5.41, 5.74) is 7.20. The molecule has 0 saturated carbocycles. The normalized spacial score (nSPS) is 5.70. The molecule has 0 heterocycles. The number of urea groups is 1. The first-order valence-electron chi connectivity index (χ1n) is 1.60. The van der Waals surface area contributed by atoms with Gasteiger partial charge < -0.3 is 22.9 Å². The van der Waals surface area contributed by atoms with E-state index >= 15 is 0 Å². The van der Waals surface area contributed by atoms with Crippen LogP contribution in [-0.2, 0) is 0 Å². The van der Waals surface area contributed by atoms with Crippen LogP contribution in [0, 0.1) is 10.1 Å². The van der Waals surface area contributed by atoms with Crippen molar-refractivity contribution in [1.82, 2.24) is 6.15 Å². The van der Waals surface area contributed by atoms with Crippen molar-refractivity contribution in [1.29, 1.82) is 0 Å². The van der Waals surface area contributed by atoms with E-state index in [1.807, 2.05) is 0 Å². The topological polar surface area (TPSA) is 183 Å². The summed E-state index contributed by atoms with van der Waals surface area (Å²) in [7, 11) is 0. The van der Waals surface area contributed by atoms with Gasteiger partial charge in [-0.25, -0.2) is 5.43 Å². The third-order valence-corrected chi connectivity index (χ3v) is 0.156. The van der Waals surface area contributed by atoms with Crippen LogP contribution in [0.3, 0.4) is 0 Å². The minimum atomic E-state index is -1.50. The lowest BCUT2D eigenvalue weighted by Crippen LogP contribution is -2.45. The summed E-state index contributed by atoms with van der Waals surface area (Å²) < 4.78 is 0. The Kier molecular flexibility index (Phi) is 16.4. The van der Waals surface area contributed by atoms with Crippen LogP contribution in [0.4, 0.5) is 4.79 Å². The van der Waals surface area contributed by atoms with Crippen LogP contribution >= 0.6 is 0 Å². The lowest BCUT2D eigenvalue weighted by atomic mass is 11.2. The second-order valence-corrected chi connectivity index (χ2v) is 0.734. The summed E-state index contributed by atoms with van der Waals surface area (Å²) in [5, 5.41) is 13.6. The van der Waals surface area contributed by atoms with Crippen LogP contribution in [0.15, 0.2) is 0 Å². The number of amides is 2. The van der Waals surface area contributed by atoms with Crippen molar-refractivity contribution in [2.45, 2.75) is 0 Å². The Morgan fingerprint density at radius 2 is 1.90 bits per heavy atom. The molecular formula is CH9N5O4. The first-order valence-corrected chi connectivity index (χ1v) is 1.60. The Morgan fingerprint density at radius 3 is 1.90 bits per heavy atom. The number of nitrogens with two attached hydrogens (primary N) is 1. The van der Waals surface area contributed by atoms with Gasteiger partial charge in [0.2, 0.25) is 0 Å². The molecule has 9 heteroatoms. The molecule has 0 aliphatic heterocycles. The summed E-state index contributed by atoms with van der Waals surface area (Å²) in [6.45, 7) is 0. The monoisotopic (exact) mass is 155 g/mol. The molecule has 0 radical (unpaired) electrons. The molecule has 9 nitrogen and oxygen atoms in total. The number of hydrogen-bond donors (Lipinski definition) is 4. The van der Waals surface area contributed by atoms with Gasteiger partial charge in [0.05, 0.1) is 0 Å². The van der Waals surface area contributed by atoms with E-state index in [-0.39, 0.29) is 6.15 Å². The molecule has 0 saturated heterocycles. The highest BCUT2D eigenvalue weighted by Gasteiger charge is 1.66. The zero-order valence-electron chi connectivity index (χ0n) is 5.06. The Bertz CT molecular complexity index is 97.8.